The SMILES string of the molecule is COCCOC(=O)NCCO/N=C(\C)c1ccc(C[C@H](NC(=O)[C@@H](CCC(=O)O)CC(=O)[C@@H](CCC(=O)O)NC(=O)[C@@H](CCC(=O)O)CC(=O)[C@@H](CCC(=O)O)NC(=O)[C@H](N)CCC(=O)O)C(=O)CCCOCC(=O)N2CCC[C@H]2C(=O)N[C@@H](CC(C)C)C(=O)CCC(=O)N[C@@H](CSC)C(=O)C[C@@H](C)C(=O)NCC(=O)C[C@H](CCCNC(=N)N)C(=O)N[C@@H](C)CCCNC(=N)N)cc1. The third kappa shape index (κ3) is 50.9. The number of aliphatic carboxylic acids is 5. The summed E-state index contributed by atoms with van der Waals surface area (Å²) < 4.78 is 15.6. The van der Waals surface area contributed by atoms with Gasteiger partial charge in [-0.1, -0.05) is 50.2 Å². The van der Waals surface area contributed by atoms with E-state index < -0.39 is 280 Å². The Morgan fingerprint density at radius 3 is 1.59 bits per heavy atom. The van der Waals surface area contributed by atoms with E-state index >= 15 is 0 Å². The third-order valence-electron chi connectivity index (χ3n) is 21.2. The molecule has 1 aliphatic rings. The molecule has 0 unspecified atom stereocenters. The Bertz CT molecular complexity index is 4140. The quantitative estimate of drug-likeness (QED) is 0.0177. The fourth-order valence-corrected chi connectivity index (χ4v) is 14.5. The number of amides is 9. The number of benzene rings is 1. The smallest absolute Gasteiger partial charge is 0.407 e. The fraction of sp³-hybridized carbons (Fsp3) is 0.663. The Kier molecular flexibility index (Phi) is 56.8. The first-order chi connectivity index (χ1) is 62.8. The maximum atomic E-state index is 14.7. The number of hydrogen-bond donors (Lipinski definition) is 20. The molecule has 744 valence electrons. The van der Waals surface area contributed by atoms with Gasteiger partial charge in [-0.25, -0.2) is 4.79 Å². The number of Topliss-reactive ketones (excluding diaryl/α,β-unsaturated/α-hetero) is 6. The Balaban J connectivity index is 2.35. The molecule has 133 heavy (non-hydrogen) atoms. The zero-order chi connectivity index (χ0) is 99.8. The summed E-state index contributed by atoms with van der Waals surface area (Å²) in [5.41, 5.74) is 17.9. The standard InChI is InChI=1S/C86H135N17O29S/c1-49(2)40-62(67(106)25-26-71(110)97-64(48-133-7)68(107)41-50(3)78(122)95-46-58(104)43-55(13-9-33-93-85(90)91)79(123)96-51(4)12-8-32-92-84(88)89)101-83(127)65-14-10-35-103(65)72(111)47-130-36-11-15-66(105)63(42-53-16-18-54(19-17-53)52(5)102-132-37-34-94-86(128)131-39-38-129-6)100-81(125)57(21-28-74(114)115)45-69(108)60(23-30-76(118)119)98-80(124)56(20-27-73(112)113)44-70(109)61(24-31-77(120)121)99-82(126)59(87)22-29-75(116)117/h16-19,49-51,55-57,59-65H,8-15,20-48,87H2,1-7H3,(H,94,128)(H,95,122)(H,96,123)(H,97,110)(H,98,124)(H,99,126)(H,100,125)(H,101,127)(H,112,113)(H,114,115)(H,116,117)(H,118,119)(H,120,121)(H4,88,89,92)(H4,90,91,93)/b102-52+/t50-,51+,55+,56+,57+,59-,60-,61-,62+,63+,64+,65+/m1/s1. The minimum absolute atomic E-state index is 0.0182. The van der Waals surface area contributed by atoms with Gasteiger partial charge >= 0.3 is 35.9 Å². The van der Waals surface area contributed by atoms with Crippen LogP contribution in [-0.2, 0) is 117 Å². The number of nitrogens with two attached hydrogens (primary N) is 3. The summed E-state index contributed by atoms with van der Waals surface area (Å²) in [6, 6.07) is -3.63. The van der Waals surface area contributed by atoms with Gasteiger partial charge in [0.15, 0.2) is 46.6 Å². The average molecular weight is 1900 g/mol. The van der Waals surface area contributed by atoms with Crippen LogP contribution in [0.3, 0.4) is 0 Å². The number of thioether (sulfide) groups is 1. The summed E-state index contributed by atoms with van der Waals surface area (Å²) in [6.45, 7) is 8.15. The third-order valence-corrected chi connectivity index (χ3v) is 21.8. The molecule has 0 spiro atoms. The molecule has 46 nitrogen and oxygen atoms in total. The summed E-state index contributed by atoms with van der Waals surface area (Å²) in [7, 11) is 1.44. The van der Waals surface area contributed by atoms with Crippen LogP contribution in [0.1, 0.15) is 206 Å². The number of carbonyl (C=O) groups excluding carboxylic acids is 15. The highest BCUT2D eigenvalue weighted by Crippen LogP contribution is 2.24. The molecule has 1 saturated heterocycles. The van der Waals surface area contributed by atoms with Gasteiger partial charge in [0.05, 0.1) is 61.7 Å². The molecule has 0 radical (unpaired) electrons. The average Bonchev–Trinajstić information content (AvgIpc) is 1.65. The molecule has 23 N–H and O–H groups in total. The first-order valence-electron chi connectivity index (χ1n) is 44.1. The molecule has 0 aliphatic carbocycles. The number of carboxylic acid groups (broad SMARTS) is 5. The zero-order valence-electron chi connectivity index (χ0n) is 76.5. The van der Waals surface area contributed by atoms with Gasteiger partial charge in [0, 0.05) is 146 Å². The van der Waals surface area contributed by atoms with Crippen LogP contribution in [-0.4, -0.2) is 299 Å². The van der Waals surface area contributed by atoms with Crippen LogP contribution in [0.4, 0.5) is 4.79 Å². The molecule has 2 rings (SSSR count). The maximum Gasteiger partial charge on any atom is 0.407 e. The number of hydrogen-bond acceptors (Lipinski definition) is 29. The minimum Gasteiger partial charge on any atom is -0.481 e. The van der Waals surface area contributed by atoms with Crippen LogP contribution in [0.15, 0.2) is 29.4 Å². The summed E-state index contributed by atoms with van der Waals surface area (Å²) in [5.74, 6) is -23.3. The molecule has 0 bridgehead atoms. The Hall–Kier alpha value is -12.1. The Morgan fingerprint density at radius 1 is 0.519 bits per heavy atom. The zero-order valence-corrected chi connectivity index (χ0v) is 77.4. The van der Waals surface area contributed by atoms with Crippen molar-refractivity contribution >= 4 is 147 Å². The molecule has 12 atom stereocenters. The van der Waals surface area contributed by atoms with Crippen molar-refractivity contribution in [1.29, 1.82) is 10.8 Å². The van der Waals surface area contributed by atoms with Crippen molar-refractivity contribution in [3.63, 3.8) is 0 Å². The van der Waals surface area contributed by atoms with Gasteiger partial charge in [0.1, 0.15) is 25.9 Å². The van der Waals surface area contributed by atoms with Gasteiger partial charge in [-0.15, -0.1) is 0 Å². The van der Waals surface area contributed by atoms with Crippen molar-refractivity contribution in [2.45, 2.75) is 250 Å². The second-order valence-electron chi connectivity index (χ2n) is 32.9. The summed E-state index contributed by atoms with van der Waals surface area (Å²) in [4.78, 5) is 271. The number of carboxylic acids is 5. The summed E-state index contributed by atoms with van der Waals surface area (Å²) in [6.07, 6.45) is -6.95. The predicted octanol–water partition coefficient (Wildman–Crippen LogP) is 0.00184. The lowest BCUT2D eigenvalue weighted by Crippen LogP contribution is -2.52. The number of methoxy groups -OCH3 is 1. The van der Waals surface area contributed by atoms with Crippen LogP contribution >= 0.6 is 11.8 Å². The highest BCUT2D eigenvalue weighted by molar-refractivity contribution is 7.98. The number of ether oxygens (including phenoxy) is 3. The van der Waals surface area contributed by atoms with E-state index in [0.717, 1.165) is 0 Å². The van der Waals surface area contributed by atoms with Crippen molar-refractivity contribution in [3.8, 4) is 0 Å². The number of carbonyl (C=O) groups is 20. The molecule has 47 heteroatoms. The van der Waals surface area contributed by atoms with Crippen LogP contribution in [0, 0.1) is 40.4 Å². The van der Waals surface area contributed by atoms with Crippen molar-refractivity contribution in [3.05, 3.63) is 35.4 Å². The number of nitrogens with zero attached hydrogens (tertiary/aromatic N) is 2. The van der Waals surface area contributed by atoms with E-state index in [1.165, 1.54) is 30.7 Å². The lowest BCUT2D eigenvalue weighted by Gasteiger charge is -2.27. The summed E-state index contributed by atoms with van der Waals surface area (Å²) >= 11 is 1.23. The van der Waals surface area contributed by atoms with E-state index in [1.54, 1.807) is 58.2 Å². The van der Waals surface area contributed by atoms with E-state index in [1.807, 2.05) is 0 Å². The van der Waals surface area contributed by atoms with E-state index in [0.29, 0.717) is 49.1 Å². The monoisotopic (exact) mass is 1900 g/mol. The maximum absolute atomic E-state index is 14.7. The molecule has 1 aromatic rings. The van der Waals surface area contributed by atoms with Gasteiger partial charge in [0.2, 0.25) is 47.3 Å². The van der Waals surface area contributed by atoms with Crippen molar-refractivity contribution < 1.29 is 140 Å². The van der Waals surface area contributed by atoms with Crippen LogP contribution in [0.5, 0.6) is 0 Å². The largest absolute Gasteiger partial charge is 0.481 e. The molecular formula is C86H135N17O29S. The van der Waals surface area contributed by atoms with Crippen molar-refractivity contribution in [2.24, 2.45) is 51.9 Å². The van der Waals surface area contributed by atoms with Crippen LogP contribution in [0.2, 0.25) is 0 Å². The fourth-order valence-electron chi connectivity index (χ4n) is 13.9. The number of nitrogens with one attached hydrogen (secondary N) is 12. The van der Waals surface area contributed by atoms with Gasteiger partial charge in [0.25, 0.3) is 0 Å². The number of oxime groups is 1. The lowest BCUT2D eigenvalue weighted by atomic mass is 9.89. The van der Waals surface area contributed by atoms with Gasteiger partial charge in [-0.3, -0.25) is 102 Å². The molecule has 1 fully saturated rings. The van der Waals surface area contributed by atoms with Crippen molar-refractivity contribution in [2.75, 3.05) is 84.9 Å². The van der Waals surface area contributed by atoms with E-state index in [2.05, 4.69) is 58.3 Å². The number of alkyl carbamates (subject to hydrolysis) is 1. The second kappa shape index (κ2) is 64.6. The topological polar surface area (TPSA) is 741 Å². The number of ketones is 6. The Morgan fingerprint density at radius 2 is 1.04 bits per heavy atom. The number of likely N-dealkylation sites (tertiary alicyclic amines) is 1. The number of guanidine groups is 2. The van der Waals surface area contributed by atoms with E-state index in [4.69, 9.17) is 52.2 Å². The first kappa shape index (κ1) is 117. The normalized spacial score (nSPS) is 14.8. The molecule has 0 aromatic heterocycles. The van der Waals surface area contributed by atoms with Gasteiger partial charge in [-0.05, 0) is 127 Å². The van der Waals surface area contributed by atoms with Crippen LogP contribution < -0.4 is 70.4 Å². The molecular weight excluding hydrogens is 1770 g/mol. The molecule has 9 amide bonds. The molecule has 1 heterocycles. The number of rotatable bonds is 73. The predicted molar refractivity (Wildman–Crippen MR) is 480 cm³/mol. The molecule has 0 saturated carbocycles. The molecule has 1 aromatic carbocycles. The van der Waals surface area contributed by atoms with Crippen LogP contribution in [0.25, 0.3) is 0 Å². The first-order valence-corrected chi connectivity index (χ1v) is 45.5. The van der Waals surface area contributed by atoms with E-state index in [9.17, 15) is 116 Å². The van der Waals surface area contributed by atoms with Crippen molar-refractivity contribution in [1.82, 2.24) is 58.1 Å². The Labute approximate surface area is 775 Å². The molecule has 1 aliphatic heterocycles. The van der Waals surface area contributed by atoms with Gasteiger partial charge < -0.3 is 120 Å². The summed E-state index contributed by atoms with van der Waals surface area (Å²) in [5, 5.41) is 92.6. The van der Waals surface area contributed by atoms with Gasteiger partial charge in [-0.2, -0.15) is 11.8 Å². The minimum atomic E-state index is -1.83. The second-order valence-corrected chi connectivity index (χ2v) is 33.8. The lowest BCUT2D eigenvalue weighted by molar-refractivity contribution is -0.142. The highest BCUT2D eigenvalue weighted by atomic mass is 32.2. The van der Waals surface area contributed by atoms with E-state index in [-0.39, 0.29) is 133 Å². The highest BCUT2D eigenvalue weighted by Gasteiger charge is 2.39.